The first-order chi connectivity index (χ1) is 12.1. The first-order valence-electron chi connectivity index (χ1n) is 8.56. The Morgan fingerprint density at radius 3 is 2.68 bits per heavy atom. The van der Waals surface area contributed by atoms with Crippen molar-refractivity contribution in [1.82, 2.24) is 4.90 Å². The highest BCUT2D eigenvalue weighted by molar-refractivity contribution is 5.83. The van der Waals surface area contributed by atoms with Gasteiger partial charge in [0.1, 0.15) is 17.2 Å². The van der Waals surface area contributed by atoms with Gasteiger partial charge in [-0.05, 0) is 43.0 Å². The number of para-hydroxylation sites is 1. The number of carbonyl (C=O) groups excluding carboxylic acids is 1. The van der Waals surface area contributed by atoms with Gasteiger partial charge in [-0.15, -0.1) is 0 Å². The van der Waals surface area contributed by atoms with Crippen molar-refractivity contribution in [2.24, 2.45) is 5.92 Å². The fourth-order valence-corrected chi connectivity index (χ4v) is 3.44. The molecule has 0 saturated heterocycles. The Bertz CT molecular complexity index is 899. The molecule has 3 unspecified atom stereocenters. The third-order valence-corrected chi connectivity index (χ3v) is 5.20. The van der Waals surface area contributed by atoms with Crippen molar-refractivity contribution in [2.75, 3.05) is 7.05 Å². The van der Waals surface area contributed by atoms with E-state index in [1.807, 2.05) is 43.3 Å². The van der Waals surface area contributed by atoms with Crippen LogP contribution in [0.25, 0.3) is 11.0 Å². The number of fused-ring (bicyclic) bond motifs is 1. The van der Waals surface area contributed by atoms with Crippen LogP contribution >= 0.6 is 0 Å². The maximum atomic E-state index is 13.9. The highest BCUT2D eigenvalue weighted by Gasteiger charge is 2.47. The SMILES string of the molecule is CC(c1cc2ccccc2o1)N(C)C(=O)C1CC1c1ccccc1F. The fraction of sp³-hybridized carbons (Fsp3) is 0.286. The smallest absolute Gasteiger partial charge is 0.226 e. The topological polar surface area (TPSA) is 33.5 Å². The molecule has 1 saturated carbocycles. The number of rotatable bonds is 4. The quantitative estimate of drug-likeness (QED) is 0.679. The molecule has 3 aromatic rings. The van der Waals surface area contributed by atoms with Gasteiger partial charge in [-0.1, -0.05) is 36.4 Å². The zero-order chi connectivity index (χ0) is 17.6. The second kappa shape index (κ2) is 6.03. The van der Waals surface area contributed by atoms with Crippen LogP contribution in [-0.4, -0.2) is 17.9 Å². The van der Waals surface area contributed by atoms with Crippen LogP contribution in [0.15, 0.2) is 59.0 Å². The monoisotopic (exact) mass is 337 g/mol. The number of benzene rings is 2. The molecule has 1 aliphatic carbocycles. The average Bonchev–Trinajstić information content (AvgIpc) is 3.30. The number of amides is 1. The van der Waals surface area contributed by atoms with Crippen molar-refractivity contribution in [1.29, 1.82) is 0 Å². The van der Waals surface area contributed by atoms with E-state index in [0.717, 1.165) is 16.7 Å². The lowest BCUT2D eigenvalue weighted by molar-refractivity contribution is -0.133. The molecule has 1 fully saturated rings. The van der Waals surface area contributed by atoms with Crippen molar-refractivity contribution < 1.29 is 13.6 Å². The Morgan fingerprint density at radius 2 is 1.92 bits per heavy atom. The van der Waals surface area contributed by atoms with Crippen LogP contribution in [-0.2, 0) is 4.79 Å². The molecule has 0 radical (unpaired) electrons. The third-order valence-electron chi connectivity index (χ3n) is 5.20. The maximum Gasteiger partial charge on any atom is 0.226 e. The largest absolute Gasteiger partial charge is 0.459 e. The molecule has 4 heteroatoms. The summed E-state index contributed by atoms with van der Waals surface area (Å²) in [5.41, 5.74) is 1.46. The van der Waals surface area contributed by atoms with Gasteiger partial charge in [0.25, 0.3) is 0 Å². The molecule has 4 rings (SSSR count). The van der Waals surface area contributed by atoms with Gasteiger partial charge in [0.15, 0.2) is 0 Å². The standard InChI is InChI=1S/C21H20FNO2/c1-13(20-11-14-7-3-6-10-19(14)25-20)23(2)21(24)17-12-16(17)15-8-4-5-9-18(15)22/h3-11,13,16-17H,12H2,1-2H3. The Morgan fingerprint density at radius 1 is 1.20 bits per heavy atom. The van der Waals surface area contributed by atoms with Gasteiger partial charge >= 0.3 is 0 Å². The predicted octanol–water partition coefficient (Wildman–Crippen LogP) is 4.90. The van der Waals surface area contributed by atoms with Crippen LogP contribution in [0.1, 0.15) is 36.6 Å². The lowest BCUT2D eigenvalue weighted by atomic mass is 10.1. The van der Waals surface area contributed by atoms with Gasteiger partial charge in [-0.3, -0.25) is 4.79 Å². The lowest BCUT2D eigenvalue weighted by Crippen LogP contribution is -2.31. The zero-order valence-electron chi connectivity index (χ0n) is 14.3. The predicted molar refractivity (Wildman–Crippen MR) is 94.6 cm³/mol. The molecular weight excluding hydrogens is 317 g/mol. The minimum atomic E-state index is -0.226. The van der Waals surface area contributed by atoms with E-state index >= 15 is 0 Å². The lowest BCUT2D eigenvalue weighted by Gasteiger charge is -2.23. The summed E-state index contributed by atoms with van der Waals surface area (Å²) in [6.07, 6.45) is 0.705. The Hall–Kier alpha value is -2.62. The normalized spacial score (nSPS) is 20.4. The maximum absolute atomic E-state index is 13.9. The number of hydrogen-bond acceptors (Lipinski definition) is 2. The van der Waals surface area contributed by atoms with Crippen LogP contribution in [0.5, 0.6) is 0 Å². The van der Waals surface area contributed by atoms with Gasteiger partial charge in [0.05, 0.1) is 6.04 Å². The molecule has 128 valence electrons. The fourth-order valence-electron chi connectivity index (χ4n) is 3.44. The molecule has 1 heterocycles. The molecule has 0 N–H and O–H groups in total. The second-order valence-corrected chi connectivity index (χ2v) is 6.78. The van der Waals surface area contributed by atoms with E-state index in [1.54, 1.807) is 24.1 Å². The first kappa shape index (κ1) is 15.9. The van der Waals surface area contributed by atoms with Crippen LogP contribution in [0.3, 0.4) is 0 Å². The molecule has 2 aromatic carbocycles. The molecule has 0 spiro atoms. The summed E-state index contributed by atoms with van der Waals surface area (Å²) in [5.74, 6) is 0.421. The van der Waals surface area contributed by atoms with E-state index in [2.05, 4.69) is 0 Å². The van der Waals surface area contributed by atoms with Gasteiger partial charge < -0.3 is 9.32 Å². The highest BCUT2D eigenvalue weighted by atomic mass is 19.1. The second-order valence-electron chi connectivity index (χ2n) is 6.78. The molecule has 1 aliphatic rings. The minimum absolute atomic E-state index is 0.0148. The van der Waals surface area contributed by atoms with Gasteiger partial charge in [-0.2, -0.15) is 0 Å². The van der Waals surface area contributed by atoms with Crippen molar-refractivity contribution in [3.8, 4) is 0 Å². The molecule has 25 heavy (non-hydrogen) atoms. The summed E-state index contributed by atoms with van der Waals surface area (Å²) in [7, 11) is 1.79. The molecule has 1 aromatic heterocycles. The molecular formula is C21H20FNO2. The Kier molecular flexibility index (Phi) is 3.83. The Balaban J connectivity index is 1.50. The van der Waals surface area contributed by atoms with Crippen molar-refractivity contribution >= 4 is 16.9 Å². The number of furan rings is 1. The van der Waals surface area contributed by atoms with Gasteiger partial charge in [-0.25, -0.2) is 4.39 Å². The van der Waals surface area contributed by atoms with Crippen LogP contribution in [0.2, 0.25) is 0 Å². The van der Waals surface area contributed by atoms with E-state index in [9.17, 15) is 9.18 Å². The molecule has 3 nitrogen and oxygen atoms in total. The Labute approximate surface area is 146 Å². The van der Waals surface area contributed by atoms with E-state index in [0.29, 0.717) is 12.0 Å². The van der Waals surface area contributed by atoms with Gasteiger partial charge in [0.2, 0.25) is 5.91 Å². The molecule has 3 atom stereocenters. The third kappa shape index (κ3) is 2.82. The highest BCUT2D eigenvalue weighted by Crippen LogP contribution is 2.49. The molecule has 0 bridgehead atoms. The van der Waals surface area contributed by atoms with Crippen LogP contribution in [0, 0.1) is 11.7 Å². The van der Waals surface area contributed by atoms with E-state index in [4.69, 9.17) is 4.42 Å². The van der Waals surface area contributed by atoms with Crippen LogP contribution in [0.4, 0.5) is 4.39 Å². The minimum Gasteiger partial charge on any atom is -0.459 e. The summed E-state index contributed by atoms with van der Waals surface area (Å²) in [6.45, 7) is 1.95. The summed E-state index contributed by atoms with van der Waals surface area (Å²) in [4.78, 5) is 14.5. The average molecular weight is 337 g/mol. The van der Waals surface area contributed by atoms with Crippen LogP contribution < -0.4 is 0 Å². The van der Waals surface area contributed by atoms with Crippen molar-refractivity contribution in [3.63, 3.8) is 0 Å². The van der Waals surface area contributed by atoms with E-state index in [-0.39, 0.29) is 29.6 Å². The zero-order valence-corrected chi connectivity index (χ0v) is 14.3. The first-order valence-corrected chi connectivity index (χ1v) is 8.56. The summed E-state index contributed by atoms with van der Waals surface area (Å²) in [5, 5.41) is 1.03. The summed E-state index contributed by atoms with van der Waals surface area (Å²) in [6, 6.07) is 16.3. The number of nitrogens with zero attached hydrogens (tertiary/aromatic N) is 1. The van der Waals surface area contributed by atoms with Crippen molar-refractivity contribution in [2.45, 2.75) is 25.3 Å². The number of carbonyl (C=O) groups is 1. The number of halogens is 1. The van der Waals surface area contributed by atoms with E-state index in [1.165, 1.54) is 6.07 Å². The summed E-state index contributed by atoms with van der Waals surface area (Å²) < 4.78 is 19.8. The molecule has 0 aliphatic heterocycles. The van der Waals surface area contributed by atoms with E-state index < -0.39 is 0 Å². The van der Waals surface area contributed by atoms with Gasteiger partial charge in [0, 0.05) is 18.4 Å². The number of hydrogen-bond donors (Lipinski definition) is 0. The molecule has 1 amide bonds. The van der Waals surface area contributed by atoms with Crippen molar-refractivity contribution in [3.05, 3.63) is 71.7 Å². The summed E-state index contributed by atoms with van der Waals surface area (Å²) >= 11 is 0.